The summed E-state index contributed by atoms with van der Waals surface area (Å²) >= 11 is 0. The maximum Gasteiger partial charge on any atom is 0.193 e. The fourth-order valence-corrected chi connectivity index (χ4v) is 8.12. The lowest BCUT2D eigenvalue weighted by Gasteiger charge is -2.37. The first-order chi connectivity index (χ1) is 14.8. The predicted molar refractivity (Wildman–Crippen MR) is 116 cm³/mol. The molecule has 2 fully saturated rings. The summed E-state index contributed by atoms with van der Waals surface area (Å²) < 4.78 is 26.6. The molecular formula is C24H26N2O4S. The van der Waals surface area contributed by atoms with Crippen molar-refractivity contribution in [3.05, 3.63) is 65.2 Å². The van der Waals surface area contributed by atoms with Crippen LogP contribution in [0.25, 0.3) is 0 Å². The van der Waals surface area contributed by atoms with E-state index in [4.69, 9.17) is 5.73 Å². The molecule has 2 aliphatic heterocycles. The van der Waals surface area contributed by atoms with Crippen molar-refractivity contribution in [2.24, 2.45) is 5.73 Å². The summed E-state index contributed by atoms with van der Waals surface area (Å²) in [5, 5.41) is 0. The van der Waals surface area contributed by atoms with Gasteiger partial charge in [0.15, 0.2) is 20.4 Å². The van der Waals surface area contributed by atoms with Gasteiger partial charge in [-0.3, -0.25) is 14.5 Å². The summed E-state index contributed by atoms with van der Waals surface area (Å²) in [6.45, 7) is 1.98. The number of ketones is 2. The van der Waals surface area contributed by atoms with Gasteiger partial charge in [0.25, 0.3) is 0 Å². The molecule has 0 spiro atoms. The lowest BCUT2D eigenvalue weighted by molar-refractivity contribution is -0.123. The molecule has 2 N–H and O–H groups in total. The van der Waals surface area contributed by atoms with Gasteiger partial charge in [0.05, 0.1) is 17.0 Å². The average molecular weight is 439 g/mol. The SMILES string of the molecule is Cc1ccc(S(=O)(=O)C2(CCN)C(=O)C3c4ccccc4C2N3C2CCC(=O)C2)cc1. The lowest BCUT2D eigenvalue weighted by Crippen LogP contribution is -2.51. The van der Waals surface area contributed by atoms with Crippen LogP contribution in [0.3, 0.4) is 0 Å². The molecule has 2 heterocycles. The predicted octanol–water partition coefficient (Wildman–Crippen LogP) is 2.66. The second-order valence-corrected chi connectivity index (χ2v) is 11.1. The summed E-state index contributed by atoms with van der Waals surface area (Å²) in [7, 11) is -4.03. The Bertz CT molecular complexity index is 1170. The van der Waals surface area contributed by atoms with Gasteiger partial charge >= 0.3 is 0 Å². The van der Waals surface area contributed by atoms with E-state index in [-0.39, 0.29) is 35.5 Å². The summed E-state index contributed by atoms with van der Waals surface area (Å²) in [4.78, 5) is 28.3. The number of hydrogen-bond donors (Lipinski definition) is 1. The summed E-state index contributed by atoms with van der Waals surface area (Å²) in [6, 6.07) is 12.8. The number of nitrogens with two attached hydrogens (primary N) is 1. The number of hydrogen-bond acceptors (Lipinski definition) is 6. The van der Waals surface area contributed by atoms with Gasteiger partial charge in [-0.25, -0.2) is 8.42 Å². The Morgan fingerprint density at radius 2 is 1.74 bits per heavy atom. The molecule has 162 valence electrons. The minimum absolute atomic E-state index is 0.0503. The van der Waals surface area contributed by atoms with Crippen molar-refractivity contribution < 1.29 is 18.0 Å². The summed E-state index contributed by atoms with van der Waals surface area (Å²) in [5.74, 6) is -0.139. The Balaban J connectivity index is 1.74. The van der Waals surface area contributed by atoms with Crippen molar-refractivity contribution in [2.45, 2.75) is 60.4 Å². The number of Topliss-reactive ketones (excluding diaryl/α,β-unsaturated/α-hetero) is 2. The van der Waals surface area contributed by atoms with E-state index in [1.54, 1.807) is 24.3 Å². The van der Waals surface area contributed by atoms with Gasteiger partial charge in [-0.2, -0.15) is 0 Å². The van der Waals surface area contributed by atoms with E-state index in [1.165, 1.54) is 0 Å². The smallest absolute Gasteiger partial charge is 0.193 e. The van der Waals surface area contributed by atoms with Gasteiger partial charge in [-0.15, -0.1) is 0 Å². The number of aryl methyl sites for hydroxylation is 1. The molecule has 0 amide bonds. The zero-order valence-corrected chi connectivity index (χ0v) is 18.3. The number of sulfone groups is 1. The molecule has 4 unspecified atom stereocenters. The van der Waals surface area contributed by atoms with E-state index in [2.05, 4.69) is 0 Å². The molecule has 4 atom stereocenters. The molecule has 7 heteroatoms. The van der Waals surface area contributed by atoms with Crippen LogP contribution in [0.5, 0.6) is 0 Å². The highest BCUT2D eigenvalue weighted by atomic mass is 32.2. The third-order valence-corrected chi connectivity index (χ3v) is 9.74. The fraction of sp³-hybridized carbons (Fsp3) is 0.417. The van der Waals surface area contributed by atoms with Crippen molar-refractivity contribution in [2.75, 3.05) is 6.54 Å². The van der Waals surface area contributed by atoms with E-state index >= 15 is 0 Å². The molecule has 0 radical (unpaired) electrons. The zero-order valence-electron chi connectivity index (χ0n) is 17.5. The average Bonchev–Trinajstić information content (AvgIpc) is 3.39. The number of rotatable bonds is 5. The first kappa shape index (κ1) is 20.5. The number of fused-ring (bicyclic) bond motifs is 5. The van der Waals surface area contributed by atoms with Crippen LogP contribution in [-0.2, 0) is 19.4 Å². The third-order valence-electron chi connectivity index (χ3n) is 7.26. The van der Waals surface area contributed by atoms with Gasteiger partial charge in [-0.05, 0) is 49.6 Å². The maximum atomic E-state index is 14.1. The number of benzene rings is 2. The number of carbonyl (C=O) groups excluding carboxylic acids is 2. The van der Waals surface area contributed by atoms with Crippen LogP contribution in [0, 0.1) is 6.92 Å². The first-order valence-electron chi connectivity index (χ1n) is 10.8. The molecule has 31 heavy (non-hydrogen) atoms. The highest BCUT2D eigenvalue weighted by Gasteiger charge is 2.71. The molecule has 2 aromatic rings. The van der Waals surface area contributed by atoms with Crippen LogP contribution < -0.4 is 5.73 Å². The van der Waals surface area contributed by atoms with Gasteiger partial charge in [-0.1, -0.05) is 42.0 Å². The monoisotopic (exact) mass is 438 g/mol. The minimum Gasteiger partial charge on any atom is -0.330 e. The Hall–Kier alpha value is -2.35. The van der Waals surface area contributed by atoms with Crippen molar-refractivity contribution >= 4 is 21.4 Å². The van der Waals surface area contributed by atoms with Crippen molar-refractivity contribution in [1.82, 2.24) is 4.90 Å². The van der Waals surface area contributed by atoms with Crippen LogP contribution in [0.15, 0.2) is 53.4 Å². The maximum absolute atomic E-state index is 14.1. The quantitative estimate of drug-likeness (QED) is 0.771. The summed E-state index contributed by atoms with van der Waals surface area (Å²) in [6.07, 6.45) is 1.53. The minimum atomic E-state index is -4.03. The molecule has 1 saturated heterocycles. The zero-order chi connectivity index (χ0) is 22.0. The Labute approximate surface area is 182 Å². The topological polar surface area (TPSA) is 97.5 Å². The largest absolute Gasteiger partial charge is 0.330 e. The van der Waals surface area contributed by atoms with E-state index in [1.807, 2.05) is 36.1 Å². The molecule has 1 aliphatic carbocycles. The Kier molecular flexibility index (Phi) is 4.70. The van der Waals surface area contributed by atoms with Gasteiger partial charge in [0.1, 0.15) is 5.78 Å². The lowest BCUT2D eigenvalue weighted by atomic mass is 9.80. The van der Waals surface area contributed by atoms with Gasteiger partial charge in [0, 0.05) is 18.9 Å². The normalized spacial score (nSPS) is 30.2. The van der Waals surface area contributed by atoms with Crippen LogP contribution in [0.1, 0.15) is 54.5 Å². The fourth-order valence-electron chi connectivity index (χ4n) is 5.90. The molecule has 1 saturated carbocycles. The molecule has 0 aromatic heterocycles. The molecular weight excluding hydrogens is 412 g/mol. The van der Waals surface area contributed by atoms with Crippen LogP contribution >= 0.6 is 0 Å². The van der Waals surface area contributed by atoms with Crippen LogP contribution in [-0.4, -0.2) is 42.2 Å². The van der Waals surface area contributed by atoms with Crippen molar-refractivity contribution in [1.29, 1.82) is 0 Å². The third kappa shape index (κ3) is 2.66. The van der Waals surface area contributed by atoms with E-state index in [0.717, 1.165) is 16.7 Å². The Morgan fingerprint density at radius 1 is 1.06 bits per heavy atom. The highest BCUT2D eigenvalue weighted by Crippen LogP contribution is 2.62. The highest BCUT2D eigenvalue weighted by molar-refractivity contribution is 7.93. The molecule has 6 nitrogen and oxygen atoms in total. The van der Waals surface area contributed by atoms with E-state index in [0.29, 0.717) is 19.3 Å². The Morgan fingerprint density at radius 3 is 2.35 bits per heavy atom. The second kappa shape index (κ2) is 7.08. The number of nitrogens with zero attached hydrogens (tertiary/aromatic N) is 1. The first-order valence-corrected chi connectivity index (χ1v) is 12.2. The molecule has 2 bridgehead atoms. The van der Waals surface area contributed by atoms with E-state index in [9.17, 15) is 18.0 Å². The summed E-state index contributed by atoms with van der Waals surface area (Å²) in [5.41, 5.74) is 8.62. The van der Waals surface area contributed by atoms with Gasteiger partial charge in [0.2, 0.25) is 0 Å². The van der Waals surface area contributed by atoms with Crippen molar-refractivity contribution in [3.8, 4) is 0 Å². The second-order valence-electron chi connectivity index (χ2n) is 8.93. The van der Waals surface area contributed by atoms with Crippen molar-refractivity contribution in [3.63, 3.8) is 0 Å². The van der Waals surface area contributed by atoms with Crippen LogP contribution in [0.2, 0.25) is 0 Å². The molecule has 5 rings (SSSR count). The molecule has 3 aliphatic rings. The standard InChI is InChI=1S/C24H26N2O4S/c1-15-6-10-18(11-7-15)31(29,30)24(12-13-25)22-20-5-3-2-4-19(20)21(23(24)28)26(22)16-8-9-17(27)14-16/h2-7,10-11,16,21-22H,8-9,12-14,25H2,1H3. The number of carbonyl (C=O) groups is 2. The van der Waals surface area contributed by atoms with Crippen LogP contribution in [0.4, 0.5) is 0 Å². The van der Waals surface area contributed by atoms with E-state index < -0.39 is 26.7 Å². The van der Waals surface area contributed by atoms with Gasteiger partial charge < -0.3 is 5.73 Å². The molecule has 2 aromatic carbocycles.